The van der Waals surface area contributed by atoms with Gasteiger partial charge >= 0.3 is 6.03 Å². The van der Waals surface area contributed by atoms with Crippen molar-refractivity contribution in [3.05, 3.63) is 65.4 Å². The number of hydrogen-bond acceptors (Lipinski definition) is 2. The first-order valence-corrected chi connectivity index (χ1v) is 8.43. The molecule has 2 aliphatic rings. The molecule has 1 aromatic heterocycles. The minimum absolute atomic E-state index is 0.134. The Hall–Kier alpha value is -3.08. The average molecular weight is 331 g/mol. The predicted molar refractivity (Wildman–Crippen MR) is 95.4 cm³/mol. The van der Waals surface area contributed by atoms with Crippen molar-refractivity contribution in [1.82, 2.24) is 9.88 Å². The number of H-pyrrole nitrogens is 1. The van der Waals surface area contributed by atoms with Gasteiger partial charge in [-0.3, -0.25) is 4.79 Å². The minimum atomic E-state index is -0.416. The molecule has 124 valence electrons. The van der Waals surface area contributed by atoms with E-state index in [4.69, 9.17) is 0 Å². The first kappa shape index (κ1) is 14.3. The standard InChI is InChI=1S/C20H17N3O2/c1-12-6-8-13(9-7-12)23-19(24)18-10-15-14-4-2-3-5-16(14)21-17(15)11-22(18)20(23)25/h2-9,18,21H,10-11H2,1H3/t18-/m1/s1. The number of carbonyl (C=O) groups is 2. The zero-order valence-electron chi connectivity index (χ0n) is 13.8. The molecule has 5 rings (SSSR count). The van der Waals surface area contributed by atoms with Gasteiger partial charge in [0.05, 0.1) is 12.2 Å². The fourth-order valence-electron chi connectivity index (χ4n) is 3.93. The van der Waals surface area contributed by atoms with Crippen molar-refractivity contribution in [3.8, 4) is 0 Å². The highest BCUT2D eigenvalue weighted by atomic mass is 16.2. The Kier molecular flexibility index (Phi) is 2.83. The van der Waals surface area contributed by atoms with Crippen LogP contribution in [-0.2, 0) is 17.8 Å². The smallest absolute Gasteiger partial charge is 0.332 e. The number of nitrogens with one attached hydrogen (secondary N) is 1. The number of para-hydroxylation sites is 1. The van der Waals surface area contributed by atoms with Crippen LogP contribution in [0.4, 0.5) is 10.5 Å². The number of aryl methyl sites for hydroxylation is 1. The number of aromatic nitrogens is 1. The molecule has 0 aliphatic carbocycles. The third-order valence-corrected chi connectivity index (χ3v) is 5.24. The number of aromatic amines is 1. The summed E-state index contributed by atoms with van der Waals surface area (Å²) in [5.41, 5.74) is 4.99. The Balaban J connectivity index is 1.55. The van der Waals surface area contributed by atoms with Gasteiger partial charge in [0.15, 0.2) is 0 Å². The number of amides is 3. The molecule has 2 aliphatic heterocycles. The molecule has 1 atom stereocenters. The zero-order valence-corrected chi connectivity index (χ0v) is 13.8. The normalized spacial score (nSPS) is 19.5. The second-order valence-electron chi connectivity index (χ2n) is 6.77. The summed E-state index contributed by atoms with van der Waals surface area (Å²) in [6.07, 6.45) is 0.562. The van der Waals surface area contributed by atoms with Crippen LogP contribution in [0.15, 0.2) is 48.5 Å². The van der Waals surface area contributed by atoms with Crippen LogP contribution in [0.1, 0.15) is 16.8 Å². The van der Waals surface area contributed by atoms with Crippen LogP contribution in [0, 0.1) is 6.92 Å². The van der Waals surface area contributed by atoms with Crippen LogP contribution in [0.25, 0.3) is 10.9 Å². The van der Waals surface area contributed by atoms with Gasteiger partial charge in [-0.1, -0.05) is 35.9 Å². The van der Waals surface area contributed by atoms with Gasteiger partial charge in [-0.05, 0) is 30.7 Å². The highest BCUT2D eigenvalue weighted by molar-refractivity contribution is 6.21. The molecule has 1 saturated heterocycles. The third kappa shape index (κ3) is 1.95. The molecule has 1 N–H and O–H groups in total. The maximum Gasteiger partial charge on any atom is 0.332 e. The fraction of sp³-hybridized carbons (Fsp3) is 0.200. The number of urea groups is 1. The van der Waals surface area contributed by atoms with E-state index in [9.17, 15) is 9.59 Å². The van der Waals surface area contributed by atoms with Gasteiger partial charge in [0.2, 0.25) is 0 Å². The van der Waals surface area contributed by atoms with Crippen molar-refractivity contribution < 1.29 is 9.59 Å². The van der Waals surface area contributed by atoms with Crippen LogP contribution in [0.2, 0.25) is 0 Å². The summed E-state index contributed by atoms with van der Waals surface area (Å²) in [5, 5.41) is 1.14. The number of hydrogen-bond donors (Lipinski definition) is 1. The number of benzene rings is 2. The van der Waals surface area contributed by atoms with E-state index in [1.54, 1.807) is 4.90 Å². The number of fused-ring (bicyclic) bond motifs is 4. The summed E-state index contributed by atoms with van der Waals surface area (Å²) in [4.78, 5) is 32.2. The molecule has 1 fully saturated rings. The minimum Gasteiger partial charge on any atom is -0.357 e. The molecule has 5 nitrogen and oxygen atoms in total. The van der Waals surface area contributed by atoms with Crippen molar-refractivity contribution in [2.75, 3.05) is 4.90 Å². The molecule has 3 heterocycles. The lowest BCUT2D eigenvalue weighted by atomic mass is 9.97. The second kappa shape index (κ2) is 4.96. The van der Waals surface area contributed by atoms with Gasteiger partial charge in [-0.2, -0.15) is 0 Å². The van der Waals surface area contributed by atoms with Gasteiger partial charge in [-0.15, -0.1) is 0 Å². The average Bonchev–Trinajstić information content (AvgIpc) is 3.10. The Morgan fingerprint density at radius 3 is 2.60 bits per heavy atom. The van der Waals surface area contributed by atoms with Gasteiger partial charge in [-0.25, -0.2) is 9.69 Å². The largest absolute Gasteiger partial charge is 0.357 e. The Bertz CT molecular complexity index is 1020. The molecule has 0 saturated carbocycles. The fourth-order valence-corrected chi connectivity index (χ4v) is 3.93. The molecule has 3 aromatic rings. The Morgan fingerprint density at radius 1 is 1.04 bits per heavy atom. The highest BCUT2D eigenvalue weighted by Crippen LogP contribution is 2.35. The number of anilines is 1. The molecule has 0 unspecified atom stereocenters. The van der Waals surface area contributed by atoms with E-state index >= 15 is 0 Å². The molecule has 5 heteroatoms. The maximum atomic E-state index is 13.0. The molecule has 3 amide bonds. The van der Waals surface area contributed by atoms with Gasteiger partial charge in [0.25, 0.3) is 5.91 Å². The van der Waals surface area contributed by atoms with Crippen LogP contribution in [-0.4, -0.2) is 27.9 Å². The summed E-state index contributed by atoms with van der Waals surface area (Å²) in [6, 6.07) is 14.9. The number of nitrogens with zero attached hydrogens (tertiary/aromatic N) is 2. The van der Waals surface area contributed by atoms with Crippen LogP contribution in [0.3, 0.4) is 0 Å². The van der Waals surface area contributed by atoms with E-state index in [2.05, 4.69) is 11.1 Å². The quantitative estimate of drug-likeness (QED) is 0.695. The summed E-state index contributed by atoms with van der Waals surface area (Å²) in [5.74, 6) is -0.134. The van der Waals surface area contributed by atoms with Crippen molar-refractivity contribution >= 4 is 28.5 Å². The van der Waals surface area contributed by atoms with Crippen molar-refractivity contribution in [2.24, 2.45) is 0 Å². The summed E-state index contributed by atoms with van der Waals surface area (Å²) < 4.78 is 0. The van der Waals surface area contributed by atoms with E-state index in [0.717, 1.165) is 27.7 Å². The molecule has 0 spiro atoms. The first-order chi connectivity index (χ1) is 12.1. The first-order valence-electron chi connectivity index (χ1n) is 8.43. The molecule has 0 radical (unpaired) electrons. The Morgan fingerprint density at radius 2 is 1.80 bits per heavy atom. The monoisotopic (exact) mass is 331 g/mol. The number of carbonyl (C=O) groups excluding carboxylic acids is 2. The second-order valence-corrected chi connectivity index (χ2v) is 6.77. The highest BCUT2D eigenvalue weighted by Gasteiger charge is 2.48. The lowest BCUT2D eigenvalue weighted by Crippen LogP contribution is -2.39. The van der Waals surface area contributed by atoms with E-state index in [1.165, 1.54) is 4.90 Å². The summed E-state index contributed by atoms with van der Waals surface area (Å²) in [7, 11) is 0. The van der Waals surface area contributed by atoms with Crippen molar-refractivity contribution in [1.29, 1.82) is 0 Å². The van der Waals surface area contributed by atoms with E-state index in [1.807, 2.05) is 49.4 Å². The van der Waals surface area contributed by atoms with E-state index in [0.29, 0.717) is 18.7 Å². The van der Waals surface area contributed by atoms with Crippen LogP contribution in [0.5, 0.6) is 0 Å². The lowest BCUT2D eigenvalue weighted by Gasteiger charge is -2.26. The lowest BCUT2D eigenvalue weighted by molar-refractivity contribution is -0.119. The van der Waals surface area contributed by atoms with Crippen molar-refractivity contribution in [2.45, 2.75) is 25.9 Å². The number of rotatable bonds is 1. The van der Waals surface area contributed by atoms with Crippen LogP contribution >= 0.6 is 0 Å². The molecule has 25 heavy (non-hydrogen) atoms. The predicted octanol–water partition coefficient (Wildman–Crippen LogP) is 3.37. The van der Waals surface area contributed by atoms with Crippen molar-refractivity contribution in [3.63, 3.8) is 0 Å². The van der Waals surface area contributed by atoms with Gasteiger partial charge in [0.1, 0.15) is 6.04 Å². The van der Waals surface area contributed by atoms with E-state index in [-0.39, 0.29) is 11.9 Å². The molecule has 2 aromatic carbocycles. The molecular formula is C20H17N3O2. The van der Waals surface area contributed by atoms with Crippen LogP contribution < -0.4 is 4.90 Å². The third-order valence-electron chi connectivity index (χ3n) is 5.24. The summed E-state index contributed by atoms with van der Waals surface area (Å²) >= 11 is 0. The Labute approximate surface area is 144 Å². The molecular weight excluding hydrogens is 314 g/mol. The molecule has 0 bridgehead atoms. The van der Waals surface area contributed by atoms with E-state index < -0.39 is 6.04 Å². The van der Waals surface area contributed by atoms with Gasteiger partial charge in [0, 0.05) is 23.0 Å². The number of imide groups is 1. The van der Waals surface area contributed by atoms with Gasteiger partial charge < -0.3 is 9.88 Å². The maximum absolute atomic E-state index is 13.0. The SMILES string of the molecule is Cc1ccc(N2C(=O)[C@H]3Cc4c([nH]c5ccccc45)CN3C2=O)cc1. The zero-order chi connectivity index (χ0) is 17.1. The summed E-state index contributed by atoms with van der Waals surface area (Å²) in [6.45, 7) is 2.43. The topological polar surface area (TPSA) is 56.4 Å².